The largest absolute Gasteiger partial charge is 0.513 e. The van der Waals surface area contributed by atoms with Gasteiger partial charge in [0, 0.05) is 0 Å². The monoisotopic (exact) mass is 359 g/mol. The van der Waals surface area contributed by atoms with Gasteiger partial charge in [-0.05, 0) is 57.6 Å². The Balaban J connectivity index is 2.11. The van der Waals surface area contributed by atoms with Crippen molar-refractivity contribution in [2.24, 2.45) is 0 Å². The van der Waals surface area contributed by atoms with Crippen molar-refractivity contribution in [3.05, 3.63) is 40.6 Å². The second-order valence-electron chi connectivity index (χ2n) is 7.07. The Hall–Kier alpha value is -2.34. The van der Waals surface area contributed by atoms with Gasteiger partial charge >= 0.3 is 6.16 Å². The third kappa shape index (κ3) is 3.33. The second kappa shape index (κ2) is 7.11. The molecule has 0 atom stereocenters. The molecule has 2 N–H and O–H groups in total. The van der Waals surface area contributed by atoms with Crippen molar-refractivity contribution in [2.45, 2.75) is 58.1 Å². The molecule has 1 saturated carbocycles. The summed E-state index contributed by atoms with van der Waals surface area (Å²) in [5.41, 5.74) is 2.31. The van der Waals surface area contributed by atoms with Crippen LogP contribution in [0.4, 0.5) is 4.79 Å². The Kier molecular flexibility index (Phi) is 5.05. The molecule has 1 heterocycles. The average Bonchev–Trinajstić information content (AvgIpc) is 2.85. The zero-order valence-electron chi connectivity index (χ0n) is 15.4. The molecule has 0 saturated heterocycles. The van der Waals surface area contributed by atoms with Crippen LogP contribution in [0, 0.1) is 13.8 Å². The normalized spacial score (nSPS) is 25.4. The molecular weight excluding hydrogens is 334 g/mol. The highest BCUT2D eigenvalue weighted by Crippen LogP contribution is 2.44. The number of aliphatic hydroxyl groups is 1. The van der Waals surface area contributed by atoms with Crippen LogP contribution in [0.2, 0.25) is 0 Å². The fourth-order valence-corrected chi connectivity index (χ4v) is 3.76. The Morgan fingerprint density at radius 1 is 1.31 bits per heavy atom. The van der Waals surface area contributed by atoms with E-state index < -0.39 is 17.8 Å². The molecule has 1 spiro atoms. The van der Waals surface area contributed by atoms with Gasteiger partial charge in [-0.25, -0.2) is 4.79 Å². The van der Waals surface area contributed by atoms with Crippen molar-refractivity contribution in [3.63, 3.8) is 0 Å². The fourth-order valence-electron chi connectivity index (χ4n) is 3.76. The molecule has 0 aromatic heterocycles. The summed E-state index contributed by atoms with van der Waals surface area (Å²) < 4.78 is 10.5. The zero-order chi connectivity index (χ0) is 18.9. The first-order valence-electron chi connectivity index (χ1n) is 9.04. The molecule has 1 aromatic carbocycles. The van der Waals surface area contributed by atoms with E-state index in [0.29, 0.717) is 37.0 Å². The first kappa shape index (κ1) is 18.5. The van der Waals surface area contributed by atoms with Gasteiger partial charge in [0.2, 0.25) is 0 Å². The summed E-state index contributed by atoms with van der Waals surface area (Å²) in [5, 5.41) is 12.9. The van der Waals surface area contributed by atoms with Crippen molar-refractivity contribution < 1.29 is 24.2 Å². The van der Waals surface area contributed by atoms with Crippen molar-refractivity contribution in [1.82, 2.24) is 5.32 Å². The third-order valence-electron chi connectivity index (χ3n) is 5.16. The second-order valence-corrected chi connectivity index (χ2v) is 7.07. The van der Waals surface area contributed by atoms with Gasteiger partial charge in [0.25, 0.3) is 5.91 Å². The van der Waals surface area contributed by atoms with Crippen LogP contribution in [0.25, 0.3) is 5.57 Å². The number of nitrogens with one attached hydrogen (secondary N) is 1. The SMILES string of the molecule is CCOC(=O)OC1=C(c2cc(C)ccc2C)C(=O)NC12CCC(O)CC2. The van der Waals surface area contributed by atoms with Crippen molar-refractivity contribution in [1.29, 1.82) is 0 Å². The number of amides is 1. The third-order valence-corrected chi connectivity index (χ3v) is 5.16. The van der Waals surface area contributed by atoms with Gasteiger partial charge in [-0.3, -0.25) is 4.79 Å². The van der Waals surface area contributed by atoms with Gasteiger partial charge in [0.05, 0.1) is 23.8 Å². The quantitative estimate of drug-likeness (QED) is 0.811. The molecule has 0 unspecified atom stereocenters. The van der Waals surface area contributed by atoms with Crippen LogP contribution in [0.3, 0.4) is 0 Å². The highest BCUT2D eigenvalue weighted by Gasteiger charge is 2.50. The maximum absolute atomic E-state index is 12.9. The average molecular weight is 359 g/mol. The molecule has 1 aromatic rings. The number of benzene rings is 1. The number of carbonyl (C=O) groups excluding carboxylic acids is 2. The van der Waals surface area contributed by atoms with Crippen LogP contribution in [0.15, 0.2) is 24.0 Å². The first-order chi connectivity index (χ1) is 12.4. The lowest BCUT2D eigenvalue weighted by atomic mass is 9.79. The highest BCUT2D eigenvalue weighted by molar-refractivity contribution is 6.23. The van der Waals surface area contributed by atoms with E-state index in [-0.39, 0.29) is 12.5 Å². The van der Waals surface area contributed by atoms with Gasteiger partial charge in [0.1, 0.15) is 5.76 Å². The number of ether oxygens (including phenoxy) is 2. The Morgan fingerprint density at radius 3 is 2.65 bits per heavy atom. The van der Waals surface area contributed by atoms with Crippen LogP contribution in [0.5, 0.6) is 0 Å². The minimum Gasteiger partial charge on any atom is -0.434 e. The molecule has 1 aliphatic heterocycles. The zero-order valence-corrected chi connectivity index (χ0v) is 15.4. The summed E-state index contributed by atoms with van der Waals surface area (Å²) in [6, 6.07) is 5.85. The lowest BCUT2D eigenvalue weighted by Crippen LogP contribution is -2.48. The summed E-state index contributed by atoms with van der Waals surface area (Å²) in [6.45, 7) is 5.77. The minimum atomic E-state index is -0.813. The number of rotatable bonds is 3. The van der Waals surface area contributed by atoms with E-state index in [1.165, 1.54) is 0 Å². The molecule has 0 radical (unpaired) electrons. The Labute approximate surface area is 153 Å². The predicted octanol–water partition coefficient (Wildman–Crippen LogP) is 2.99. The first-order valence-corrected chi connectivity index (χ1v) is 9.04. The van der Waals surface area contributed by atoms with Gasteiger partial charge in [-0.2, -0.15) is 0 Å². The molecule has 3 rings (SSSR count). The lowest BCUT2D eigenvalue weighted by molar-refractivity contribution is -0.116. The number of aliphatic hydroxyl groups excluding tert-OH is 1. The van der Waals surface area contributed by atoms with Crippen LogP contribution >= 0.6 is 0 Å². The number of carbonyl (C=O) groups is 2. The molecular formula is C20H25NO5. The maximum atomic E-state index is 12.9. The van der Waals surface area contributed by atoms with E-state index in [9.17, 15) is 14.7 Å². The summed E-state index contributed by atoms with van der Waals surface area (Å²) in [6.07, 6.45) is 0.899. The topological polar surface area (TPSA) is 84.9 Å². The standard InChI is InChI=1S/C20H25NO5/c1-4-25-19(24)26-17-16(15-11-12(2)5-6-13(15)3)18(23)21-20(17)9-7-14(22)8-10-20/h5-6,11,14,22H,4,7-10H2,1-3H3,(H,21,23). The number of hydrogen-bond acceptors (Lipinski definition) is 5. The van der Waals surface area contributed by atoms with Gasteiger partial charge < -0.3 is 19.9 Å². The summed E-state index contributed by atoms with van der Waals surface area (Å²) in [5.74, 6) is 0.0657. The molecule has 1 fully saturated rings. The summed E-state index contributed by atoms with van der Waals surface area (Å²) in [7, 11) is 0. The van der Waals surface area contributed by atoms with E-state index in [0.717, 1.165) is 16.7 Å². The highest BCUT2D eigenvalue weighted by atomic mass is 16.7. The molecule has 26 heavy (non-hydrogen) atoms. The molecule has 2 aliphatic rings. The van der Waals surface area contributed by atoms with Gasteiger partial charge in [0.15, 0.2) is 0 Å². The number of aryl methyl sites for hydroxylation is 2. The van der Waals surface area contributed by atoms with Crippen LogP contribution in [0.1, 0.15) is 49.3 Å². The number of hydrogen-bond donors (Lipinski definition) is 2. The minimum absolute atomic E-state index is 0.192. The van der Waals surface area contributed by atoms with E-state index in [1.54, 1.807) is 6.92 Å². The van der Waals surface area contributed by atoms with Crippen LogP contribution < -0.4 is 5.32 Å². The van der Waals surface area contributed by atoms with E-state index >= 15 is 0 Å². The van der Waals surface area contributed by atoms with Gasteiger partial charge in [-0.15, -0.1) is 0 Å². The van der Waals surface area contributed by atoms with E-state index in [2.05, 4.69) is 5.32 Å². The van der Waals surface area contributed by atoms with Crippen LogP contribution in [-0.4, -0.2) is 35.4 Å². The predicted molar refractivity (Wildman–Crippen MR) is 96.3 cm³/mol. The molecule has 1 amide bonds. The van der Waals surface area contributed by atoms with Crippen LogP contribution in [-0.2, 0) is 14.3 Å². The van der Waals surface area contributed by atoms with E-state index in [4.69, 9.17) is 9.47 Å². The van der Waals surface area contributed by atoms with Crippen molar-refractivity contribution in [3.8, 4) is 0 Å². The van der Waals surface area contributed by atoms with Crippen molar-refractivity contribution in [2.75, 3.05) is 6.61 Å². The molecule has 6 heteroatoms. The summed E-state index contributed by atoms with van der Waals surface area (Å²) >= 11 is 0. The summed E-state index contributed by atoms with van der Waals surface area (Å²) in [4.78, 5) is 24.9. The van der Waals surface area contributed by atoms with Gasteiger partial charge in [-0.1, -0.05) is 23.8 Å². The van der Waals surface area contributed by atoms with E-state index in [1.807, 2.05) is 32.0 Å². The Morgan fingerprint density at radius 2 is 2.00 bits per heavy atom. The Bertz CT molecular complexity index is 759. The lowest BCUT2D eigenvalue weighted by Gasteiger charge is -2.36. The van der Waals surface area contributed by atoms with Crippen molar-refractivity contribution >= 4 is 17.6 Å². The molecule has 6 nitrogen and oxygen atoms in total. The molecule has 0 bridgehead atoms. The fraction of sp³-hybridized carbons (Fsp3) is 0.500. The maximum Gasteiger partial charge on any atom is 0.513 e. The molecule has 1 aliphatic carbocycles. The molecule has 140 valence electrons. The smallest absolute Gasteiger partial charge is 0.434 e.